The number of esters is 1. The first-order chi connectivity index (χ1) is 20.3. The first-order valence-corrected chi connectivity index (χ1v) is 17.5. The van der Waals surface area contributed by atoms with Gasteiger partial charge in [-0.25, -0.2) is 4.57 Å². The minimum atomic E-state index is -3.93. The highest BCUT2D eigenvalue weighted by molar-refractivity contribution is 7.55. The molecule has 238 valence electrons. The van der Waals surface area contributed by atoms with Crippen molar-refractivity contribution in [2.45, 2.75) is 117 Å². The summed E-state index contributed by atoms with van der Waals surface area (Å²) >= 11 is 0. The molecule has 0 atom stereocenters. The van der Waals surface area contributed by atoms with Crippen LogP contribution in [0.5, 0.6) is 11.5 Å². The van der Waals surface area contributed by atoms with Crippen molar-refractivity contribution in [3.8, 4) is 11.5 Å². The number of unbranched alkanes of at least 4 members (excludes halogenated alkanes) is 9. The Kier molecular flexibility index (Phi) is 15.3. The molecule has 0 heterocycles. The van der Waals surface area contributed by atoms with Gasteiger partial charge in [0.15, 0.2) is 6.16 Å². The zero-order valence-corrected chi connectivity index (χ0v) is 28.1. The first kappa shape index (κ1) is 36.3. The Hall–Kier alpha value is -2.85. The van der Waals surface area contributed by atoms with Crippen molar-refractivity contribution in [3.05, 3.63) is 71.8 Å². The highest BCUT2D eigenvalue weighted by atomic mass is 31.2. The Morgan fingerprint density at radius 3 is 1.49 bits per heavy atom. The van der Waals surface area contributed by atoms with Gasteiger partial charge in [0, 0.05) is 6.42 Å². The van der Waals surface area contributed by atoms with E-state index in [0.29, 0.717) is 17.9 Å². The molecule has 7 heteroatoms. The summed E-state index contributed by atoms with van der Waals surface area (Å²) in [6.45, 7) is 12.8. The highest BCUT2D eigenvalue weighted by Gasteiger charge is 2.33. The predicted molar refractivity (Wildman–Crippen MR) is 176 cm³/mol. The van der Waals surface area contributed by atoms with Crippen LogP contribution in [0.4, 0.5) is 0 Å². The molecular formula is C36H53O6P. The van der Waals surface area contributed by atoms with E-state index in [0.717, 1.165) is 43.1 Å². The highest BCUT2D eigenvalue weighted by Crippen LogP contribution is 2.49. The molecule has 0 saturated heterocycles. The van der Waals surface area contributed by atoms with E-state index < -0.39 is 19.7 Å². The van der Waals surface area contributed by atoms with Crippen molar-refractivity contribution >= 4 is 19.9 Å². The smallest absolute Gasteiger partial charge is 0.441 e. The number of rotatable bonds is 19. The average molecular weight is 613 g/mol. The van der Waals surface area contributed by atoms with Crippen LogP contribution in [0, 0.1) is 0 Å². The predicted octanol–water partition coefficient (Wildman–Crippen LogP) is 10.1. The van der Waals surface area contributed by atoms with E-state index in [1.165, 1.54) is 32.1 Å². The van der Waals surface area contributed by atoms with Crippen molar-refractivity contribution in [1.82, 2.24) is 0 Å². The van der Waals surface area contributed by atoms with E-state index in [1.807, 2.05) is 36.4 Å². The van der Waals surface area contributed by atoms with Crippen LogP contribution in [0.2, 0.25) is 0 Å². The zero-order chi connectivity index (χ0) is 31.8. The Morgan fingerprint density at radius 2 is 1.07 bits per heavy atom. The van der Waals surface area contributed by atoms with Gasteiger partial charge in [-0.15, -0.1) is 0 Å². The molecule has 43 heavy (non-hydrogen) atoms. The minimum absolute atomic E-state index is 0.0382. The fourth-order valence-electron chi connectivity index (χ4n) is 4.52. The third kappa shape index (κ3) is 14.9. The van der Waals surface area contributed by atoms with Gasteiger partial charge in [0.25, 0.3) is 0 Å². The second-order valence-corrected chi connectivity index (χ2v) is 15.1. The van der Waals surface area contributed by atoms with Crippen LogP contribution in [-0.2, 0) is 29.7 Å². The van der Waals surface area contributed by atoms with Crippen molar-refractivity contribution < 1.29 is 27.9 Å². The second kappa shape index (κ2) is 18.1. The zero-order valence-electron chi connectivity index (χ0n) is 27.2. The standard InChI is InChI=1S/C36H53O6P/c1-35(2,3)30-19-23-32(24-20-30)41-43(39,42-33-25-21-31(22-26-33)36(4,5)6)29-34(38)40-28-18-16-14-12-10-8-7-9-11-13-15-17-27-37/h16,18-27H,7-15,17,28-29H2,1-6H3/b18-16+. The molecule has 0 aromatic heterocycles. The molecular weight excluding hydrogens is 559 g/mol. The maximum Gasteiger partial charge on any atom is 0.441 e. The van der Waals surface area contributed by atoms with Crippen LogP contribution in [0.25, 0.3) is 0 Å². The molecule has 0 aliphatic rings. The quantitative estimate of drug-likeness (QED) is 0.0516. The molecule has 0 spiro atoms. The van der Waals surface area contributed by atoms with Gasteiger partial charge in [0.05, 0.1) is 0 Å². The van der Waals surface area contributed by atoms with Crippen LogP contribution < -0.4 is 9.05 Å². The molecule has 0 radical (unpaired) electrons. The lowest BCUT2D eigenvalue weighted by Crippen LogP contribution is -2.16. The third-order valence-corrected chi connectivity index (χ3v) is 8.83. The number of carbonyl (C=O) groups is 2. The van der Waals surface area contributed by atoms with Gasteiger partial charge in [-0.05, 0) is 65.5 Å². The van der Waals surface area contributed by atoms with E-state index in [-0.39, 0.29) is 17.4 Å². The van der Waals surface area contributed by atoms with Crippen LogP contribution in [-0.4, -0.2) is 25.0 Å². The summed E-state index contributed by atoms with van der Waals surface area (Å²) in [6, 6.07) is 14.7. The molecule has 0 saturated carbocycles. The summed E-state index contributed by atoms with van der Waals surface area (Å²) in [6.07, 6.45) is 15.2. The molecule has 0 aliphatic carbocycles. The topological polar surface area (TPSA) is 78.9 Å². The molecule has 0 unspecified atom stereocenters. The molecule has 2 rings (SSSR count). The molecule has 0 amide bonds. The van der Waals surface area contributed by atoms with Crippen molar-refractivity contribution in [2.75, 3.05) is 12.8 Å². The molecule has 0 N–H and O–H groups in total. The number of hydrogen-bond donors (Lipinski definition) is 0. The lowest BCUT2D eigenvalue weighted by Gasteiger charge is -2.22. The maximum absolute atomic E-state index is 13.9. The van der Waals surface area contributed by atoms with E-state index >= 15 is 0 Å². The van der Waals surface area contributed by atoms with Crippen LogP contribution in [0.1, 0.15) is 117 Å². The van der Waals surface area contributed by atoms with Crippen molar-refractivity contribution in [1.29, 1.82) is 0 Å². The van der Waals surface area contributed by atoms with Gasteiger partial charge < -0.3 is 18.6 Å². The Morgan fingerprint density at radius 1 is 0.651 bits per heavy atom. The third-order valence-electron chi connectivity index (χ3n) is 7.20. The largest absolute Gasteiger partial charge is 0.461 e. The monoisotopic (exact) mass is 612 g/mol. The number of ether oxygens (including phenoxy) is 1. The van der Waals surface area contributed by atoms with Gasteiger partial charge in [0.2, 0.25) is 0 Å². The lowest BCUT2D eigenvalue weighted by atomic mass is 9.87. The van der Waals surface area contributed by atoms with Gasteiger partial charge >= 0.3 is 13.6 Å². The lowest BCUT2D eigenvalue weighted by molar-refractivity contribution is -0.139. The number of hydrogen-bond acceptors (Lipinski definition) is 6. The van der Waals surface area contributed by atoms with Gasteiger partial charge in [-0.3, -0.25) is 4.79 Å². The fraction of sp³-hybridized carbons (Fsp3) is 0.556. The summed E-state index contributed by atoms with van der Waals surface area (Å²) in [5.74, 6) is 0.0974. The summed E-state index contributed by atoms with van der Waals surface area (Å²) in [5, 5.41) is 0. The summed E-state index contributed by atoms with van der Waals surface area (Å²) in [4.78, 5) is 23.1. The van der Waals surface area contributed by atoms with Crippen LogP contribution >= 0.6 is 7.60 Å². The second-order valence-electron chi connectivity index (χ2n) is 13.2. The van der Waals surface area contributed by atoms with Gasteiger partial charge in [-0.2, -0.15) is 0 Å². The molecule has 6 nitrogen and oxygen atoms in total. The number of allylic oxidation sites excluding steroid dienone is 1. The van der Waals surface area contributed by atoms with Crippen molar-refractivity contribution in [3.63, 3.8) is 0 Å². The molecule has 0 fully saturated rings. The van der Waals surface area contributed by atoms with Crippen molar-refractivity contribution in [2.24, 2.45) is 0 Å². The summed E-state index contributed by atoms with van der Waals surface area (Å²) < 4.78 is 31.0. The molecule has 2 aromatic rings. The number of aldehydes is 1. The minimum Gasteiger partial charge on any atom is -0.461 e. The van der Waals surface area contributed by atoms with E-state index in [2.05, 4.69) is 41.5 Å². The first-order valence-electron chi connectivity index (χ1n) is 15.8. The number of carbonyl (C=O) groups excluding carboxylic acids is 2. The molecule has 2 aromatic carbocycles. The molecule has 0 bridgehead atoms. The van der Waals surface area contributed by atoms with E-state index in [9.17, 15) is 14.2 Å². The van der Waals surface area contributed by atoms with Crippen LogP contribution in [0.15, 0.2) is 60.7 Å². The van der Waals surface area contributed by atoms with Crippen LogP contribution in [0.3, 0.4) is 0 Å². The maximum atomic E-state index is 13.9. The Labute approximate surface area is 260 Å². The van der Waals surface area contributed by atoms with Gasteiger partial charge in [0.1, 0.15) is 24.4 Å². The fourth-order valence-corrected chi connectivity index (χ4v) is 5.98. The number of benzene rings is 2. The summed E-state index contributed by atoms with van der Waals surface area (Å²) in [5.41, 5.74) is 2.15. The van der Waals surface area contributed by atoms with E-state index in [1.54, 1.807) is 24.3 Å². The normalized spacial score (nSPS) is 12.3. The average Bonchev–Trinajstić information content (AvgIpc) is 2.92. The SMILES string of the molecule is CC(C)(C)c1ccc(OP(=O)(CC(=O)OC/C=C/CCCCCCCCCCC=O)Oc2ccc(C(C)(C)C)cc2)cc1. The van der Waals surface area contributed by atoms with E-state index in [4.69, 9.17) is 13.8 Å². The Balaban J connectivity index is 1.88. The van der Waals surface area contributed by atoms with Gasteiger partial charge in [-0.1, -0.05) is 116 Å². The molecule has 0 aliphatic heterocycles. The Bertz CT molecular complexity index is 1110. The summed E-state index contributed by atoms with van der Waals surface area (Å²) in [7, 11) is -3.93.